The van der Waals surface area contributed by atoms with Crippen molar-refractivity contribution >= 4 is 17.9 Å². The van der Waals surface area contributed by atoms with Crippen molar-refractivity contribution in [1.29, 1.82) is 0 Å². The molecule has 66 heavy (non-hydrogen) atoms. The Morgan fingerprint density at radius 3 is 0.939 bits per heavy atom. The van der Waals surface area contributed by atoms with Crippen LogP contribution in [-0.4, -0.2) is 37.2 Å². The Balaban J connectivity index is 4.48. The van der Waals surface area contributed by atoms with Crippen LogP contribution < -0.4 is 0 Å². The lowest BCUT2D eigenvalue weighted by molar-refractivity contribution is -0.167. The highest BCUT2D eigenvalue weighted by molar-refractivity contribution is 5.71. The summed E-state index contributed by atoms with van der Waals surface area (Å²) in [5.74, 6) is -0.946. The highest BCUT2D eigenvalue weighted by Gasteiger charge is 2.19. The minimum absolute atomic E-state index is 0.0986. The molecule has 0 aromatic heterocycles. The molecule has 0 amide bonds. The third kappa shape index (κ3) is 51.3. The Morgan fingerprint density at radius 2 is 0.591 bits per heavy atom. The zero-order valence-electron chi connectivity index (χ0n) is 42.9. The Hall–Kier alpha value is -3.67. The molecule has 376 valence electrons. The van der Waals surface area contributed by atoms with Gasteiger partial charge in [0.25, 0.3) is 0 Å². The van der Waals surface area contributed by atoms with Gasteiger partial charge in [-0.05, 0) is 116 Å². The first-order chi connectivity index (χ1) is 32.5. The first-order valence-electron chi connectivity index (χ1n) is 27.2. The highest BCUT2D eigenvalue weighted by atomic mass is 16.6. The lowest BCUT2D eigenvalue weighted by Gasteiger charge is -2.18. The molecule has 6 nitrogen and oxygen atoms in total. The molecule has 0 radical (unpaired) electrons. The van der Waals surface area contributed by atoms with Gasteiger partial charge in [0.1, 0.15) is 13.2 Å². The van der Waals surface area contributed by atoms with E-state index in [4.69, 9.17) is 14.2 Å². The maximum atomic E-state index is 12.8. The molecule has 0 aliphatic heterocycles. The first-order valence-corrected chi connectivity index (χ1v) is 27.2. The van der Waals surface area contributed by atoms with Crippen molar-refractivity contribution in [2.75, 3.05) is 13.2 Å². The van der Waals surface area contributed by atoms with Crippen molar-refractivity contribution in [1.82, 2.24) is 0 Å². The second-order valence-electron chi connectivity index (χ2n) is 17.7. The number of hydrogen-bond donors (Lipinski definition) is 0. The monoisotopic (exact) mass is 917 g/mol. The molecule has 0 aliphatic rings. The summed E-state index contributed by atoms with van der Waals surface area (Å²) in [5.41, 5.74) is 0. The number of ether oxygens (including phenoxy) is 3. The molecule has 0 spiro atoms. The lowest BCUT2D eigenvalue weighted by Crippen LogP contribution is -2.30. The van der Waals surface area contributed by atoms with E-state index < -0.39 is 6.10 Å². The number of rotatable bonds is 48. The molecule has 6 heteroatoms. The number of carbonyl (C=O) groups is 3. The van der Waals surface area contributed by atoms with E-state index in [9.17, 15) is 14.4 Å². The molecule has 0 saturated carbocycles. The van der Waals surface area contributed by atoms with Crippen LogP contribution in [0.15, 0.2) is 97.2 Å². The van der Waals surface area contributed by atoms with E-state index in [0.717, 1.165) is 148 Å². The SMILES string of the molecule is CC/C=C\C/C=C\C/C=C\C/C=C\CCCCCCC(=O)OCC(COC(=O)CCCCCCC/C=C\C/C=C\C/C=C\CC)OC(=O)CCCCCCC/C=C\CCCCCCCCC. The van der Waals surface area contributed by atoms with Crippen molar-refractivity contribution in [2.24, 2.45) is 0 Å². The number of allylic oxidation sites excluding steroid dienone is 16. The predicted molar refractivity (Wildman–Crippen MR) is 284 cm³/mol. The Kier molecular flexibility index (Phi) is 50.9. The fourth-order valence-electron chi connectivity index (χ4n) is 7.27. The van der Waals surface area contributed by atoms with E-state index in [0.29, 0.717) is 19.3 Å². The van der Waals surface area contributed by atoms with Crippen molar-refractivity contribution in [3.8, 4) is 0 Å². The van der Waals surface area contributed by atoms with Gasteiger partial charge in [-0.3, -0.25) is 14.4 Å². The van der Waals surface area contributed by atoms with Gasteiger partial charge < -0.3 is 14.2 Å². The van der Waals surface area contributed by atoms with Crippen LogP contribution in [0.2, 0.25) is 0 Å². The summed E-state index contributed by atoms with van der Waals surface area (Å²) < 4.78 is 16.8. The topological polar surface area (TPSA) is 78.9 Å². The molecule has 0 bridgehead atoms. The van der Waals surface area contributed by atoms with Gasteiger partial charge in [-0.1, -0.05) is 208 Å². The quantitative estimate of drug-likeness (QED) is 0.0262. The second kappa shape index (κ2) is 53.9. The van der Waals surface area contributed by atoms with Crippen LogP contribution >= 0.6 is 0 Å². The summed E-state index contributed by atoms with van der Waals surface area (Å²) in [6.45, 7) is 6.37. The molecule has 0 saturated heterocycles. The maximum Gasteiger partial charge on any atom is 0.306 e. The predicted octanol–water partition coefficient (Wildman–Crippen LogP) is 18.1. The van der Waals surface area contributed by atoms with E-state index in [2.05, 4.69) is 118 Å². The normalized spacial score (nSPS) is 12.8. The maximum absolute atomic E-state index is 12.8. The average molecular weight is 917 g/mol. The summed E-state index contributed by atoms with van der Waals surface area (Å²) in [7, 11) is 0. The highest BCUT2D eigenvalue weighted by Crippen LogP contribution is 2.14. The molecule has 0 heterocycles. The van der Waals surface area contributed by atoms with Gasteiger partial charge >= 0.3 is 17.9 Å². The smallest absolute Gasteiger partial charge is 0.306 e. The van der Waals surface area contributed by atoms with Gasteiger partial charge in [0.15, 0.2) is 6.10 Å². The van der Waals surface area contributed by atoms with Gasteiger partial charge in [-0.15, -0.1) is 0 Å². The zero-order valence-corrected chi connectivity index (χ0v) is 42.9. The summed E-state index contributed by atoms with van der Waals surface area (Å²) in [6.07, 6.45) is 71.0. The van der Waals surface area contributed by atoms with Crippen LogP contribution in [0.25, 0.3) is 0 Å². The van der Waals surface area contributed by atoms with Crippen LogP contribution in [0.4, 0.5) is 0 Å². The van der Waals surface area contributed by atoms with Crippen LogP contribution in [-0.2, 0) is 28.6 Å². The van der Waals surface area contributed by atoms with Gasteiger partial charge in [-0.25, -0.2) is 0 Å². The molecular formula is C60H100O6. The van der Waals surface area contributed by atoms with Gasteiger partial charge in [0.2, 0.25) is 0 Å². The van der Waals surface area contributed by atoms with Gasteiger partial charge in [0.05, 0.1) is 0 Å². The Morgan fingerprint density at radius 1 is 0.318 bits per heavy atom. The lowest BCUT2D eigenvalue weighted by atomic mass is 10.1. The van der Waals surface area contributed by atoms with Crippen LogP contribution in [0.5, 0.6) is 0 Å². The Bertz CT molecular complexity index is 1330. The standard InChI is InChI=1S/C60H100O6/c1-4-7-10-13-16-19-22-25-28-30-33-35-38-41-44-47-50-53-59(62)65-56-57(55-64-58(61)52-49-46-43-40-37-34-31-27-24-21-18-15-12-9-6-3)66-60(63)54-51-48-45-42-39-36-32-29-26-23-20-17-14-11-8-5-2/h7,9-10,12,16,18-19,21,25,27-29,31-33,35,57H,4-6,8,11,13-15,17,20,22-24,26,30,34,36-56H2,1-3H3/b10-7-,12-9-,19-16-,21-18-,28-25-,31-27-,32-29-,35-33-. The zero-order chi connectivity index (χ0) is 47.9. The molecular weight excluding hydrogens is 817 g/mol. The third-order valence-corrected chi connectivity index (χ3v) is 11.3. The molecule has 0 aliphatic carbocycles. The number of hydrogen-bond acceptors (Lipinski definition) is 6. The molecule has 0 rings (SSSR count). The van der Waals surface area contributed by atoms with Crippen LogP contribution in [0.1, 0.15) is 245 Å². The molecule has 0 aromatic carbocycles. The molecule has 0 aromatic rings. The van der Waals surface area contributed by atoms with E-state index in [1.165, 1.54) is 57.8 Å². The molecule has 0 fully saturated rings. The third-order valence-electron chi connectivity index (χ3n) is 11.3. The number of esters is 3. The molecule has 1 atom stereocenters. The minimum atomic E-state index is -0.800. The summed E-state index contributed by atoms with van der Waals surface area (Å²) >= 11 is 0. The first kappa shape index (κ1) is 62.3. The summed E-state index contributed by atoms with van der Waals surface area (Å²) in [4.78, 5) is 38.1. The van der Waals surface area contributed by atoms with Crippen molar-refractivity contribution in [3.63, 3.8) is 0 Å². The fraction of sp³-hybridized carbons (Fsp3) is 0.683. The van der Waals surface area contributed by atoms with Crippen molar-refractivity contribution < 1.29 is 28.6 Å². The van der Waals surface area contributed by atoms with Gasteiger partial charge in [-0.2, -0.15) is 0 Å². The van der Waals surface area contributed by atoms with Crippen molar-refractivity contribution in [3.05, 3.63) is 97.2 Å². The van der Waals surface area contributed by atoms with Crippen LogP contribution in [0, 0.1) is 0 Å². The van der Waals surface area contributed by atoms with E-state index in [1.54, 1.807) is 0 Å². The average Bonchev–Trinajstić information content (AvgIpc) is 3.31. The summed E-state index contributed by atoms with van der Waals surface area (Å²) in [6, 6.07) is 0. The van der Waals surface area contributed by atoms with E-state index >= 15 is 0 Å². The van der Waals surface area contributed by atoms with E-state index in [-0.39, 0.29) is 31.1 Å². The molecule has 1 unspecified atom stereocenters. The second-order valence-corrected chi connectivity index (χ2v) is 17.7. The van der Waals surface area contributed by atoms with E-state index in [1.807, 2.05) is 0 Å². The van der Waals surface area contributed by atoms with Crippen LogP contribution in [0.3, 0.4) is 0 Å². The molecule has 0 N–H and O–H groups in total. The minimum Gasteiger partial charge on any atom is -0.462 e. The fourth-order valence-corrected chi connectivity index (χ4v) is 7.27. The van der Waals surface area contributed by atoms with Gasteiger partial charge in [0, 0.05) is 19.3 Å². The summed E-state index contributed by atoms with van der Waals surface area (Å²) in [5, 5.41) is 0. The Labute approximate surface area is 407 Å². The number of carbonyl (C=O) groups excluding carboxylic acids is 3. The largest absolute Gasteiger partial charge is 0.462 e. The number of unbranched alkanes of at least 4 members (excludes halogenated alkanes) is 21. The van der Waals surface area contributed by atoms with Crippen molar-refractivity contribution in [2.45, 2.75) is 252 Å².